The van der Waals surface area contributed by atoms with Gasteiger partial charge in [-0.2, -0.15) is 10.2 Å². The molecule has 0 aliphatic carbocycles. The van der Waals surface area contributed by atoms with Crippen molar-refractivity contribution in [1.29, 1.82) is 0 Å². The van der Waals surface area contributed by atoms with Crippen LogP contribution in [0.2, 0.25) is 0 Å². The van der Waals surface area contributed by atoms with Gasteiger partial charge in [0.15, 0.2) is 0 Å². The summed E-state index contributed by atoms with van der Waals surface area (Å²) in [6, 6.07) is 15.8. The van der Waals surface area contributed by atoms with Crippen LogP contribution in [0.1, 0.15) is 63.9 Å². The molecule has 0 saturated heterocycles. The van der Waals surface area contributed by atoms with Crippen molar-refractivity contribution in [1.82, 2.24) is 0 Å². The van der Waals surface area contributed by atoms with Gasteiger partial charge in [0, 0.05) is 0 Å². The lowest BCUT2D eigenvalue weighted by Gasteiger charge is -2.09. The predicted molar refractivity (Wildman–Crippen MR) is 110 cm³/mol. The van der Waals surface area contributed by atoms with Crippen LogP contribution < -0.4 is 4.74 Å². The first-order valence-electron chi connectivity index (χ1n) is 10.00. The third-order valence-electron chi connectivity index (χ3n) is 4.45. The fourth-order valence-electron chi connectivity index (χ4n) is 2.89. The smallest absolute Gasteiger partial charge is 0.122 e. The highest BCUT2D eigenvalue weighted by Crippen LogP contribution is 2.25. The highest BCUT2D eigenvalue weighted by molar-refractivity contribution is 5.47. The van der Waals surface area contributed by atoms with Crippen LogP contribution in [0.3, 0.4) is 0 Å². The van der Waals surface area contributed by atoms with E-state index in [4.69, 9.17) is 4.74 Å². The van der Waals surface area contributed by atoms with Gasteiger partial charge in [-0.1, -0.05) is 70.1 Å². The van der Waals surface area contributed by atoms with Crippen molar-refractivity contribution in [2.75, 3.05) is 6.61 Å². The fourth-order valence-corrected chi connectivity index (χ4v) is 2.89. The van der Waals surface area contributed by atoms with Crippen molar-refractivity contribution < 1.29 is 4.74 Å². The van der Waals surface area contributed by atoms with E-state index < -0.39 is 0 Å². The Labute approximate surface area is 158 Å². The van der Waals surface area contributed by atoms with Gasteiger partial charge in [0.1, 0.15) is 5.75 Å². The minimum absolute atomic E-state index is 0.792. The lowest BCUT2D eigenvalue weighted by molar-refractivity contribution is 0.302. The summed E-state index contributed by atoms with van der Waals surface area (Å²) in [5.41, 5.74) is 2.82. The normalized spacial score (nSPS) is 11.2. The van der Waals surface area contributed by atoms with Gasteiger partial charge >= 0.3 is 0 Å². The second kappa shape index (κ2) is 12.2. The molecule has 3 heteroatoms. The molecule has 0 saturated carbocycles. The van der Waals surface area contributed by atoms with Crippen LogP contribution in [0, 0.1) is 6.92 Å². The Kier molecular flexibility index (Phi) is 9.48. The summed E-state index contributed by atoms with van der Waals surface area (Å²) in [6.07, 6.45) is 10.5. The Morgan fingerprint density at radius 2 is 1.38 bits per heavy atom. The topological polar surface area (TPSA) is 34.0 Å². The van der Waals surface area contributed by atoms with Gasteiger partial charge in [0.25, 0.3) is 0 Å². The van der Waals surface area contributed by atoms with E-state index in [0.717, 1.165) is 35.7 Å². The minimum atomic E-state index is 0.792. The zero-order valence-electron chi connectivity index (χ0n) is 16.3. The molecular weight excluding hydrogens is 320 g/mol. The van der Waals surface area contributed by atoms with Crippen LogP contribution in [0.25, 0.3) is 0 Å². The van der Waals surface area contributed by atoms with Gasteiger partial charge < -0.3 is 4.74 Å². The Morgan fingerprint density at radius 3 is 2.08 bits per heavy atom. The minimum Gasteiger partial charge on any atom is -0.493 e. The molecule has 0 aromatic heterocycles. The summed E-state index contributed by atoms with van der Waals surface area (Å²) in [6.45, 7) is 5.11. The third kappa shape index (κ3) is 7.81. The summed E-state index contributed by atoms with van der Waals surface area (Å²) in [5, 5.41) is 8.55. The highest BCUT2D eigenvalue weighted by atomic mass is 16.5. The lowest BCUT2D eigenvalue weighted by Crippen LogP contribution is -1.98. The molecule has 0 aliphatic rings. The SMILES string of the molecule is CCCCCCCCCCOc1ccc(N=Nc2ccccc2)cc1C. The van der Waals surface area contributed by atoms with Gasteiger partial charge in [-0.15, -0.1) is 0 Å². The molecule has 0 amide bonds. The summed E-state index contributed by atoms with van der Waals surface area (Å²) >= 11 is 0. The van der Waals surface area contributed by atoms with Crippen molar-refractivity contribution in [3.8, 4) is 5.75 Å². The molecule has 0 bridgehead atoms. The average Bonchev–Trinajstić information content (AvgIpc) is 2.67. The molecule has 26 heavy (non-hydrogen) atoms. The maximum Gasteiger partial charge on any atom is 0.122 e. The van der Waals surface area contributed by atoms with Gasteiger partial charge in [-0.05, 0) is 49.2 Å². The van der Waals surface area contributed by atoms with E-state index >= 15 is 0 Å². The number of hydrogen-bond donors (Lipinski definition) is 0. The number of azo groups is 1. The van der Waals surface area contributed by atoms with Crippen molar-refractivity contribution in [3.05, 3.63) is 54.1 Å². The van der Waals surface area contributed by atoms with E-state index in [1.54, 1.807) is 0 Å². The van der Waals surface area contributed by atoms with Crippen LogP contribution in [0.15, 0.2) is 58.8 Å². The second-order valence-electron chi connectivity index (χ2n) is 6.81. The highest BCUT2D eigenvalue weighted by Gasteiger charge is 2.01. The summed E-state index contributed by atoms with van der Waals surface area (Å²) in [7, 11) is 0. The number of hydrogen-bond acceptors (Lipinski definition) is 3. The number of benzene rings is 2. The zero-order chi connectivity index (χ0) is 18.5. The number of unbranched alkanes of at least 4 members (excludes halogenated alkanes) is 7. The van der Waals surface area contributed by atoms with Crippen LogP contribution in [0.4, 0.5) is 11.4 Å². The molecule has 0 fully saturated rings. The van der Waals surface area contributed by atoms with Crippen molar-refractivity contribution in [3.63, 3.8) is 0 Å². The Hall–Kier alpha value is -2.16. The molecule has 2 aromatic rings. The van der Waals surface area contributed by atoms with Crippen LogP contribution >= 0.6 is 0 Å². The molecule has 2 rings (SSSR count). The standard InChI is InChI=1S/C23H32N2O/c1-3-4-5-6-7-8-9-13-18-26-23-17-16-22(19-20(23)2)25-24-21-14-11-10-12-15-21/h10-12,14-17,19H,3-9,13,18H2,1-2H3. The Bertz CT molecular complexity index is 653. The summed E-state index contributed by atoms with van der Waals surface area (Å²) in [4.78, 5) is 0. The van der Waals surface area contributed by atoms with E-state index in [0.29, 0.717) is 0 Å². The molecule has 0 unspecified atom stereocenters. The van der Waals surface area contributed by atoms with E-state index in [2.05, 4.69) is 24.1 Å². The van der Waals surface area contributed by atoms with E-state index in [-0.39, 0.29) is 0 Å². The van der Waals surface area contributed by atoms with Gasteiger partial charge in [-0.25, -0.2) is 0 Å². The quantitative estimate of drug-likeness (QED) is 0.282. The molecule has 0 radical (unpaired) electrons. The molecule has 0 atom stereocenters. The van der Waals surface area contributed by atoms with Crippen LogP contribution in [-0.4, -0.2) is 6.61 Å². The third-order valence-corrected chi connectivity index (χ3v) is 4.45. The molecule has 0 heterocycles. The molecule has 2 aromatic carbocycles. The predicted octanol–water partition coefficient (Wildman–Crippen LogP) is 7.93. The Morgan fingerprint density at radius 1 is 0.731 bits per heavy atom. The number of rotatable bonds is 12. The molecule has 140 valence electrons. The average molecular weight is 353 g/mol. The Balaban J connectivity index is 1.68. The second-order valence-corrected chi connectivity index (χ2v) is 6.81. The first-order chi connectivity index (χ1) is 12.8. The van der Waals surface area contributed by atoms with Crippen LogP contribution in [0.5, 0.6) is 5.75 Å². The first kappa shape index (κ1) is 20.2. The maximum absolute atomic E-state index is 5.93. The molecule has 0 spiro atoms. The summed E-state index contributed by atoms with van der Waals surface area (Å²) in [5.74, 6) is 0.951. The zero-order valence-corrected chi connectivity index (χ0v) is 16.3. The first-order valence-corrected chi connectivity index (χ1v) is 10.00. The van der Waals surface area contributed by atoms with Gasteiger partial charge in [0.2, 0.25) is 0 Å². The number of aryl methyl sites for hydroxylation is 1. The monoisotopic (exact) mass is 352 g/mol. The van der Waals surface area contributed by atoms with E-state index in [1.807, 2.05) is 48.5 Å². The molecule has 0 aliphatic heterocycles. The molecular formula is C23H32N2O. The van der Waals surface area contributed by atoms with Gasteiger partial charge in [-0.3, -0.25) is 0 Å². The fraction of sp³-hybridized carbons (Fsp3) is 0.478. The van der Waals surface area contributed by atoms with E-state index in [1.165, 1.54) is 44.9 Å². The molecule has 3 nitrogen and oxygen atoms in total. The summed E-state index contributed by atoms with van der Waals surface area (Å²) < 4.78 is 5.93. The number of nitrogens with zero attached hydrogens (tertiary/aromatic N) is 2. The lowest BCUT2D eigenvalue weighted by atomic mass is 10.1. The van der Waals surface area contributed by atoms with Crippen LogP contribution in [-0.2, 0) is 0 Å². The van der Waals surface area contributed by atoms with Crippen molar-refractivity contribution >= 4 is 11.4 Å². The number of ether oxygens (including phenoxy) is 1. The van der Waals surface area contributed by atoms with E-state index in [9.17, 15) is 0 Å². The van der Waals surface area contributed by atoms with Gasteiger partial charge in [0.05, 0.1) is 18.0 Å². The largest absolute Gasteiger partial charge is 0.493 e. The van der Waals surface area contributed by atoms with Crippen molar-refractivity contribution in [2.24, 2.45) is 10.2 Å². The van der Waals surface area contributed by atoms with Crippen molar-refractivity contribution in [2.45, 2.75) is 65.2 Å². The molecule has 0 N–H and O–H groups in total. The maximum atomic E-state index is 5.93.